The molecule has 0 aliphatic rings. The zero-order valence-corrected chi connectivity index (χ0v) is 11.2. The second-order valence-electron chi connectivity index (χ2n) is 4.60. The lowest BCUT2D eigenvalue weighted by molar-refractivity contribution is -0.384. The molecule has 1 N–H and O–H groups in total. The van der Waals surface area contributed by atoms with Crippen LogP contribution in [0.15, 0.2) is 42.5 Å². The Labute approximate surface area is 120 Å². The molecule has 0 radical (unpaired) electrons. The van der Waals surface area contributed by atoms with Gasteiger partial charge in [0.2, 0.25) is 0 Å². The summed E-state index contributed by atoms with van der Waals surface area (Å²) in [6.07, 6.45) is 0.696. The predicted octanol–water partition coefficient (Wildman–Crippen LogP) is 3.21. The Morgan fingerprint density at radius 3 is 2.29 bits per heavy atom. The summed E-state index contributed by atoms with van der Waals surface area (Å²) in [5.41, 5.74) is 1.70. The van der Waals surface area contributed by atoms with E-state index < -0.39 is 16.6 Å². The van der Waals surface area contributed by atoms with E-state index in [1.807, 2.05) is 0 Å². The molecule has 0 aliphatic heterocycles. The lowest BCUT2D eigenvalue weighted by atomic mass is 10.1. The molecule has 0 saturated carbocycles. The van der Waals surface area contributed by atoms with Crippen molar-refractivity contribution in [2.24, 2.45) is 0 Å². The van der Waals surface area contributed by atoms with Gasteiger partial charge in [-0.05, 0) is 36.2 Å². The monoisotopic (exact) mass is 292 g/mol. The van der Waals surface area contributed by atoms with Gasteiger partial charge in [-0.3, -0.25) is 10.1 Å². The van der Waals surface area contributed by atoms with Crippen LogP contribution >= 0.6 is 0 Å². The maximum atomic E-state index is 13.0. The van der Waals surface area contributed by atoms with Crippen molar-refractivity contribution in [2.45, 2.75) is 13.0 Å². The van der Waals surface area contributed by atoms with E-state index >= 15 is 0 Å². The quantitative estimate of drug-likeness (QED) is 0.505. The van der Waals surface area contributed by atoms with Crippen molar-refractivity contribution in [2.75, 3.05) is 6.54 Å². The van der Waals surface area contributed by atoms with Gasteiger partial charge in [-0.1, -0.05) is 18.2 Å². The number of nitrogens with zero attached hydrogens (tertiary/aromatic N) is 1. The van der Waals surface area contributed by atoms with Gasteiger partial charge >= 0.3 is 0 Å². The van der Waals surface area contributed by atoms with E-state index in [-0.39, 0.29) is 5.69 Å². The molecule has 2 rings (SSSR count). The van der Waals surface area contributed by atoms with Crippen LogP contribution in [0.4, 0.5) is 14.5 Å². The predicted molar refractivity (Wildman–Crippen MR) is 74.9 cm³/mol. The van der Waals surface area contributed by atoms with Gasteiger partial charge in [0.25, 0.3) is 5.69 Å². The van der Waals surface area contributed by atoms with E-state index in [4.69, 9.17) is 0 Å². The molecule has 0 unspecified atom stereocenters. The number of hydrogen-bond donors (Lipinski definition) is 1. The van der Waals surface area contributed by atoms with E-state index in [0.29, 0.717) is 25.1 Å². The summed E-state index contributed by atoms with van der Waals surface area (Å²) in [5, 5.41) is 13.6. The third-order valence-corrected chi connectivity index (χ3v) is 3.05. The number of non-ortho nitro benzene ring substituents is 1. The first-order chi connectivity index (χ1) is 10.1. The molecule has 0 saturated heterocycles. The van der Waals surface area contributed by atoms with Crippen molar-refractivity contribution < 1.29 is 13.7 Å². The summed E-state index contributed by atoms with van der Waals surface area (Å²) in [6, 6.07) is 10.1. The van der Waals surface area contributed by atoms with E-state index in [1.54, 1.807) is 12.1 Å². The first kappa shape index (κ1) is 15.1. The summed E-state index contributed by atoms with van der Waals surface area (Å²) in [4.78, 5) is 10.1. The number of hydrogen-bond acceptors (Lipinski definition) is 3. The Kier molecular flexibility index (Phi) is 4.94. The highest BCUT2D eigenvalue weighted by molar-refractivity contribution is 5.32. The fourth-order valence-electron chi connectivity index (χ4n) is 1.90. The molecule has 110 valence electrons. The van der Waals surface area contributed by atoms with Crippen LogP contribution in [0, 0.1) is 21.7 Å². The molecule has 0 heterocycles. The molecule has 0 aromatic heterocycles. The molecule has 0 aliphatic carbocycles. The summed E-state index contributed by atoms with van der Waals surface area (Å²) in [6.45, 7) is 1.07. The molecule has 0 bridgehead atoms. The molecule has 21 heavy (non-hydrogen) atoms. The Morgan fingerprint density at radius 1 is 1.00 bits per heavy atom. The topological polar surface area (TPSA) is 55.2 Å². The minimum atomic E-state index is -0.857. The molecular weight excluding hydrogens is 278 g/mol. The highest BCUT2D eigenvalue weighted by Gasteiger charge is 2.04. The maximum Gasteiger partial charge on any atom is 0.269 e. The molecule has 4 nitrogen and oxygen atoms in total. The van der Waals surface area contributed by atoms with E-state index in [0.717, 1.165) is 17.7 Å². The maximum absolute atomic E-state index is 13.0. The number of benzene rings is 2. The largest absolute Gasteiger partial charge is 0.312 e. The van der Waals surface area contributed by atoms with E-state index in [1.165, 1.54) is 18.2 Å². The standard InChI is InChI=1S/C15H14F2N2O2/c16-14-6-3-12(9-15(14)17)10-18-8-7-11-1-4-13(5-2-11)19(20)21/h1-6,9,18H,7-8,10H2. The van der Waals surface area contributed by atoms with Crippen molar-refractivity contribution >= 4 is 5.69 Å². The Bertz CT molecular complexity index is 630. The number of rotatable bonds is 6. The molecule has 2 aromatic rings. The van der Waals surface area contributed by atoms with Crippen LogP contribution in [0.5, 0.6) is 0 Å². The second-order valence-corrected chi connectivity index (χ2v) is 4.60. The van der Waals surface area contributed by atoms with Gasteiger partial charge in [0.1, 0.15) is 0 Å². The van der Waals surface area contributed by atoms with Gasteiger partial charge in [-0.2, -0.15) is 0 Å². The van der Waals surface area contributed by atoms with Crippen molar-refractivity contribution in [3.05, 3.63) is 75.3 Å². The van der Waals surface area contributed by atoms with Crippen LogP contribution < -0.4 is 5.32 Å². The average molecular weight is 292 g/mol. The van der Waals surface area contributed by atoms with Crippen molar-refractivity contribution in [1.82, 2.24) is 5.32 Å². The molecule has 0 atom stereocenters. The highest BCUT2D eigenvalue weighted by atomic mass is 19.2. The number of nitrogens with one attached hydrogen (secondary N) is 1. The van der Waals surface area contributed by atoms with Gasteiger partial charge < -0.3 is 5.32 Å². The Morgan fingerprint density at radius 2 is 1.67 bits per heavy atom. The Hall–Kier alpha value is -2.34. The normalized spacial score (nSPS) is 10.6. The van der Waals surface area contributed by atoms with Gasteiger partial charge in [0, 0.05) is 18.7 Å². The first-order valence-electron chi connectivity index (χ1n) is 6.44. The Balaban J connectivity index is 1.79. The van der Waals surface area contributed by atoms with E-state index in [2.05, 4.69) is 5.32 Å². The highest BCUT2D eigenvalue weighted by Crippen LogP contribution is 2.12. The summed E-state index contributed by atoms with van der Waals surface area (Å²) in [7, 11) is 0. The van der Waals surface area contributed by atoms with Gasteiger partial charge in [0.15, 0.2) is 11.6 Å². The molecule has 6 heteroatoms. The average Bonchev–Trinajstić information content (AvgIpc) is 2.47. The van der Waals surface area contributed by atoms with Gasteiger partial charge in [0.05, 0.1) is 4.92 Å². The summed E-state index contributed by atoms with van der Waals surface area (Å²) in [5.74, 6) is -1.71. The summed E-state index contributed by atoms with van der Waals surface area (Å²) >= 11 is 0. The fourth-order valence-corrected chi connectivity index (χ4v) is 1.90. The molecule has 0 spiro atoms. The molecule has 0 fully saturated rings. The van der Waals surface area contributed by atoms with Crippen LogP contribution in [0.3, 0.4) is 0 Å². The van der Waals surface area contributed by atoms with Gasteiger partial charge in [-0.15, -0.1) is 0 Å². The van der Waals surface area contributed by atoms with Crippen LogP contribution in [0.25, 0.3) is 0 Å². The van der Waals surface area contributed by atoms with Crippen molar-refractivity contribution in [3.8, 4) is 0 Å². The summed E-state index contributed by atoms with van der Waals surface area (Å²) < 4.78 is 25.8. The first-order valence-corrected chi connectivity index (χ1v) is 6.44. The molecule has 2 aromatic carbocycles. The number of halogens is 2. The zero-order valence-electron chi connectivity index (χ0n) is 11.2. The lowest BCUT2D eigenvalue weighted by Gasteiger charge is -2.05. The SMILES string of the molecule is O=[N+]([O-])c1ccc(CCNCc2ccc(F)c(F)c2)cc1. The van der Waals surface area contributed by atoms with Crippen molar-refractivity contribution in [3.63, 3.8) is 0 Å². The lowest BCUT2D eigenvalue weighted by Crippen LogP contribution is -2.16. The van der Waals surface area contributed by atoms with E-state index in [9.17, 15) is 18.9 Å². The fraction of sp³-hybridized carbons (Fsp3) is 0.200. The third kappa shape index (κ3) is 4.32. The smallest absolute Gasteiger partial charge is 0.269 e. The second kappa shape index (κ2) is 6.90. The number of nitro benzene ring substituents is 1. The third-order valence-electron chi connectivity index (χ3n) is 3.05. The molecular formula is C15H14F2N2O2. The zero-order chi connectivity index (χ0) is 15.2. The van der Waals surface area contributed by atoms with Crippen LogP contribution in [-0.2, 0) is 13.0 Å². The van der Waals surface area contributed by atoms with Crippen LogP contribution in [0.2, 0.25) is 0 Å². The number of nitro groups is 1. The minimum Gasteiger partial charge on any atom is -0.312 e. The van der Waals surface area contributed by atoms with Crippen LogP contribution in [-0.4, -0.2) is 11.5 Å². The van der Waals surface area contributed by atoms with Crippen molar-refractivity contribution in [1.29, 1.82) is 0 Å². The van der Waals surface area contributed by atoms with Crippen LogP contribution in [0.1, 0.15) is 11.1 Å². The minimum absolute atomic E-state index is 0.0634. The van der Waals surface area contributed by atoms with Gasteiger partial charge in [-0.25, -0.2) is 8.78 Å². The molecule has 0 amide bonds.